The quantitative estimate of drug-likeness (QED) is 0.844. The molecule has 1 amide bonds. The summed E-state index contributed by atoms with van der Waals surface area (Å²) in [5, 5.41) is 3.96. The molecule has 0 fully saturated rings. The number of rotatable bonds is 7. The van der Waals surface area contributed by atoms with Crippen LogP contribution >= 0.6 is 0 Å². The first kappa shape index (κ1) is 18.3. The lowest BCUT2D eigenvalue weighted by atomic mass is 10.0. The molecule has 24 heavy (non-hydrogen) atoms. The third-order valence-electron chi connectivity index (χ3n) is 3.97. The van der Waals surface area contributed by atoms with Crippen molar-refractivity contribution in [2.75, 3.05) is 27.7 Å². The Morgan fingerprint density at radius 1 is 1.33 bits per heavy atom. The molecule has 0 aliphatic rings. The second-order valence-corrected chi connectivity index (χ2v) is 6.96. The zero-order valence-corrected chi connectivity index (χ0v) is 15.5. The highest BCUT2D eigenvalue weighted by atomic mass is 16.5. The molecule has 1 aromatic carbocycles. The van der Waals surface area contributed by atoms with Gasteiger partial charge in [0.25, 0.3) is 5.91 Å². The summed E-state index contributed by atoms with van der Waals surface area (Å²) in [6.45, 7) is 6.96. The second kappa shape index (κ2) is 7.71. The Morgan fingerprint density at radius 3 is 2.62 bits per heavy atom. The highest BCUT2D eigenvalue weighted by molar-refractivity contribution is 6.07. The van der Waals surface area contributed by atoms with Crippen LogP contribution < -0.4 is 10.1 Å². The van der Waals surface area contributed by atoms with Crippen molar-refractivity contribution in [1.29, 1.82) is 0 Å². The van der Waals surface area contributed by atoms with Crippen LogP contribution in [0.2, 0.25) is 0 Å². The first-order valence-corrected chi connectivity index (χ1v) is 8.34. The summed E-state index contributed by atoms with van der Waals surface area (Å²) in [6, 6.07) is 5.62. The molecule has 0 spiro atoms. The maximum atomic E-state index is 12.9. The number of hydrogen-bond acceptors (Lipinski definition) is 4. The molecule has 0 saturated heterocycles. The Hall–Kier alpha value is -2.01. The van der Waals surface area contributed by atoms with E-state index in [-0.39, 0.29) is 11.9 Å². The molecule has 0 radical (unpaired) electrons. The van der Waals surface area contributed by atoms with Gasteiger partial charge >= 0.3 is 0 Å². The lowest BCUT2D eigenvalue weighted by Crippen LogP contribution is -2.42. The molecule has 5 nitrogen and oxygen atoms in total. The van der Waals surface area contributed by atoms with E-state index in [1.165, 1.54) is 0 Å². The lowest BCUT2D eigenvalue weighted by Gasteiger charge is -2.24. The fourth-order valence-electron chi connectivity index (χ4n) is 3.05. The minimum Gasteiger partial charge on any atom is -0.497 e. The molecule has 132 valence electrons. The van der Waals surface area contributed by atoms with Crippen molar-refractivity contribution in [2.45, 2.75) is 33.2 Å². The summed E-state index contributed by atoms with van der Waals surface area (Å²) in [7, 11) is 5.65. The second-order valence-electron chi connectivity index (χ2n) is 6.96. The van der Waals surface area contributed by atoms with Crippen LogP contribution in [0.1, 0.15) is 36.4 Å². The minimum atomic E-state index is -0.0907. The Morgan fingerprint density at radius 2 is 2.04 bits per heavy atom. The zero-order valence-electron chi connectivity index (χ0n) is 15.5. The molecule has 0 aliphatic heterocycles. The molecule has 1 N–H and O–H groups in total. The predicted molar refractivity (Wildman–Crippen MR) is 96.8 cm³/mol. The highest BCUT2D eigenvalue weighted by Crippen LogP contribution is 2.29. The van der Waals surface area contributed by atoms with E-state index in [1.807, 2.05) is 39.2 Å². The zero-order chi connectivity index (χ0) is 17.9. The molecule has 2 rings (SSSR count). The van der Waals surface area contributed by atoms with Gasteiger partial charge in [-0.15, -0.1) is 0 Å². The minimum absolute atomic E-state index is 0.0907. The van der Waals surface area contributed by atoms with Gasteiger partial charge in [0.1, 0.15) is 17.1 Å². The topological polar surface area (TPSA) is 54.7 Å². The summed E-state index contributed by atoms with van der Waals surface area (Å²) < 4.78 is 11.0. The number of benzene rings is 1. The molecule has 1 atom stereocenters. The number of fused-ring (bicyclic) bond motifs is 1. The van der Waals surface area contributed by atoms with E-state index in [1.54, 1.807) is 7.11 Å². The van der Waals surface area contributed by atoms with E-state index < -0.39 is 0 Å². The van der Waals surface area contributed by atoms with Crippen molar-refractivity contribution in [2.24, 2.45) is 5.92 Å². The first-order chi connectivity index (χ1) is 11.3. The molecule has 5 heteroatoms. The number of carbonyl (C=O) groups excluding carboxylic acids is 1. The number of furan rings is 1. The third kappa shape index (κ3) is 4.29. The van der Waals surface area contributed by atoms with Crippen LogP contribution in [0.25, 0.3) is 11.0 Å². The number of nitrogens with one attached hydrogen (secondary N) is 1. The largest absolute Gasteiger partial charge is 0.497 e. The summed E-state index contributed by atoms with van der Waals surface area (Å²) in [5.41, 5.74) is 1.29. The van der Waals surface area contributed by atoms with Crippen LogP contribution in [0.5, 0.6) is 5.75 Å². The standard InChI is InChI=1S/C19H28N2O3/c1-12(2)9-14(11-21(4)5)20-19(22)18-13(3)24-17-8-7-15(23-6)10-16(17)18/h7-8,10,12,14H,9,11H2,1-6H3,(H,20,22). The van der Waals surface area contributed by atoms with Gasteiger partial charge in [-0.25, -0.2) is 0 Å². The molecule has 1 heterocycles. The predicted octanol–water partition coefficient (Wildman–Crippen LogP) is 3.46. The average molecular weight is 332 g/mol. The van der Waals surface area contributed by atoms with Gasteiger partial charge in [-0.3, -0.25) is 4.79 Å². The van der Waals surface area contributed by atoms with Gasteiger partial charge in [-0.2, -0.15) is 0 Å². The monoisotopic (exact) mass is 332 g/mol. The van der Waals surface area contributed by atoms with E-state index >= 15 is 0 Å². The van der Waals surface area contributed by atoms with E-state index in [0.717, 1.165) is 18.4 Å². The number of ether oxygens (including phenoxy) is 1. The summed E-state index contributed by atoms with van der Waals surface area (Å²) in [4.78, 5) is 15.0. The summed E-state index contributed by atoms with van der Waals surface area (Å²) >= 11 is 0. The van der Waals surface area contributed by atoms with Crippen molar-refractivity contribution in [1.82, 2.24) is 10.2 Å². The molecule has 1 aromatic heterocycles. The van der Waals surface area contributed by atoms with Crippen molar-refractivity contribution in [3.8, 4) is 5.75 Å². The Bertz CT molecular complexity index is 694. The lowest BCUT2D eigenvalue weighted by molar-refractivity contribution is 0.0924. The van der Waals surface area contributed by atoms with Gasteiger partial charge in [-0.05, 0) is 51.6 Å². The number of amides is 1. The van der Waals surface area contributed by atoms with Gasteiger partial charge < -0.3 is 19.4 Å². The number of methoxy groups -OCH3 is 1. The van der Waals surface area contributed by atoms with Crippen LogP contribution in [0.15, 0.2) is 22.6 Å². The average Bonchev–Trinajstić information content (AvgIpc) is 2.80. The van der Waals surface area contributed by atoms with Gasteiger partial charge in [0.05, 0.1) is 12.7 Å². The van der Waals surface area contributed by atoms with E-state index in [0.29, 0.717) is 28.6 Å². The fraction of sp³-hybridized carbons (Fsp3) is 0.526. The van der Waals surface area contributed by atoms with Crippen LogP contribution in [-0.2, 0) is 0 Å². The van der Waals surface area contributed by atoms with Gasteiger partial charge in [-0.1, -0.05) is 13.8 Å². The number of hydrogen-bond donors (Lipinski definition) is 1. The SMILES string of the molecule is COc1ccc2oc(C)c(C(=O)NC(CC(C)C)CN(C)C)c2c1. The van der Waals surface area contributed by atoms with Crippen molar-refractivity contribution >= 4 is 16.9 Å². The van der Waals surface area contributed by atoms with Gasteiger partial charge in [0.2, 0.25) is 0 Å². The molecular formula is C19H28N2O3. The maximum Gasteiger partial charge on any atom is 0.255 e. The molecule has 0 aliphatic carbocycles. The number of likely N-dealkylation sites (N-methyl/N-ethyl adjacent to an activating group) is 1. The molecule has 0 saturated carbocycles. The normalized spacial score (nSPS) is 12.8. The molecule has 0 bridgehead atoms. The fourth-order valence-corrected chi connectivity index (χ4v) is 3.05. The summed E-state index contributed by atoms with van der Waals surface area (Å²) in [6.07, 6.45) is 0.933. The smallest absolute Gasteiger partial charge is 0.255 e. The summed E-state index contributed by atoms with van der Waals surface area (Å²) in [5.74, 6) is 1.76. The van der Waals surface area contributed by atoms with E-state index in [2.05, 4.69) is 24.1 Å². The Balaban J connectivity index is 2.30. The van der Waals surface area contributed by atoms with Gasteiger partial charge in [0.15, 0.2) is 0 Å². The maximum absolute atomic E-state index is 12.9. The van der Waals surface area contributed by atoms with E-state index in [9.17, 15) is 4.79 Å². The molecule has 1 unspecified atom stereocenters. The van der Waals surface area contributed by atoms with Crippen LogP contribution in [0.3, 0.4) is 0 Å². The molecular weight excluding hydrogens is 304 g/mol. The van der Waals surface area contributed by atoms with E-state index in [4.69, 9.17) is 9.15 Å². The van der Waals surface area contributed by atoms with Crippen LogP contribution in [0, 0.1) is 12.8 Å². The van der Waals surface area contributed by atoms with Crippen molar-refractivity contribution in [3.05, 3.63) is 29.5 Å². The number of aryl methyl sites for hydroxylation is 1. The van der Waals surface area contributed by atoms with Crippen LogP contribution in [0.4, 0.5) is 0 Å². The van der Waals surface area contributed by atoms with Crippen molar-refractivity contribution in [3.63, 3.8) is 0 Å². The third-order valence-corrected chi connectivity index (χ3v) is 3.97. The number of nitrogens with zero attached hydrogens (tertiary/aromatic N) is 1. The van der Waals surface area contributed by atoms with Gasteiger partial charge in [0, 0.05) is 18.0 Å². The Kier molecular flexibility index (Phi) is 5.89. The highest BCUT2D eigenvalue weighted by Gasteiger charge is 2.22. The number of carbonyl (C=O) groups is 1. The molecule has 2 aromatic rings. The Labute approximate surface area is 144 Å². The van der Waals surface area contributed by atoms with Crippen molar-refractivity contribution < 1.29 is 13.9 Å². The first-order valence-electron chi connectivity index (χ1n) is 8.34. The van der Waals surface area contributed by atoms with Crippen LogP contribution in [-0.4, -0.2) is 44.6 Å².